The topological polar surface area (TPSA) is 69.9 Å². The Hall–Kier alpha value is -2.68. The van der Waals surface area contributed by atoms with Gasteiger partial charge in [0.2, 0.25) is 0 Å². The second kappa shape index (κ2) is 10.3. The van der Waals surface area contributed by atoms with Gasteiger partial charge in [-0.1, -0.05) is 57.1 Å². The van der Waals surface area contributed by atoms with Gasteiger partial charge in [0, 0.05) is 15.1 Å². The number of aromatic nitrogens is 1. The van der Waals surface area contributed by atoms with Gasteiger partial charge in [0.25, 0.3) is 5.56 Å². The summed E-state index contributed by atoms with van der Waals surface area (Å²) in [5.41, 5.74) is 1.91. The van der Waals surface area contributed by atoms with Gasteiger partial charge in [-0.15, -0.1) is 0 Å². The van der Waals surface area contributed by atoms with Crippen molar-refractivity contribution >= 4 is 50.9 Å². The third-order valence-corrected chi connectivity index (χ3v) is 7.10. The molecule has 176 valence electrons. The van der Waals surface area contributed by atoms with Crippen LogP contribution in [-0.4, -0.2) is 23.8 Å². The minimum Gasteiger partial charge on any atom is -0.493 e. The van der Waals surface area contributed by atoms with Crippen LogP contribution in [0, 0.1) is 0 Å². The van der Waals surface area contributed by atoms with Gasteiger partial charge >= 0.3 is 5.97 Å². The molecule has 1 aliphatic rings. The molecule has 0 radical (unpaired) electrons. The Morgan fingerprint density at radius 1 is 1.24 bits per heavy atom. The Morgan fingerprint density at radius 3 is 2.71 bits per heavy atom. The zero-order valence-corrected chi connectivity index (χ0v) is 22.0. The van der Waals surface area contributed by atoms with E-state index in [2.05, 4.69) is 20.9 Å². The molecule has 3 aromatic rings. The maximum Gasteiger partial charge on any atom is 0.338 e. The summed E-state index contributed by atoms with van der Waals surface area (Å²) in [6.07, 6.45) is 1.78. The smallest absolute Gasteiger partial charge is 0.338 e. The van der Waals surface area contributed by atoms with Crippen LogP contribution in [0.4, 0.5) is 0 Å². The third-order valence-electron chi connectivity index (χ3n) is 5.28. The van der Waals surface area contributed by atoms with Gasteiger partial charge < -0.3 is 9.47 Å². The number of ether oxygens (including phenoxy) is 2. The normalized spacial score (nSPS) is 15.7. The van der Waals surface area contributed by atoms with Crippen LogP contribution in [0.3, 0.4) is 0 Å². The monoisotopic (exact) mass is 560 g/mol. The highest BCUT2D eigenvalue weighted by Gasteiger charge is 2.34. The van der Waals surface area contributed by atoms with E-state index in [1.54, 1.807) is 32.1 Å². The second-order valence-electron chi connectivity index (χ2n) is 7.44. The number of allylic oxidation sites excluding steroid dienone is 1. The van der Waals surface area contributed by atoms with Gasteiger partial charge in [-0.2, -0.15) is 0 Å². The highest BCUT2D eigenvalue weighted by atomic mass is 79.9. The van der Waals surface area contributed by atoms with Crippen molar-refractivity contribution in [1.29, 1.82) is 0 Å². The first-order chi connectivity index (χ1) is 16.3. The molecule has 34 heavy (non-hydrogen) atoms. The van der Waals surface area contributed by atoms with Crippen LogP contribution in [0.15, 0.2) is 68.0 Å². The Labute approximate surface area is 213 Å². The van der Waals surface area contributed by atoms with Crippen molar-refractivity contribution in [1.82, 2.24) is 4.57 Å². The first-order valence-electron chi connectivity index (χ1n) is 10.7. The lowest BCUT2D eigenvalue weighted by Crippen LogP contribution is -2.40. The molecule has 0 N–H and O–H groups in total. The van der Waals surface area contributed by atoms with E-state index in [9.17, 15) is 9.59 Å². The Balaban J connectivity index is 1.98. The zero-order valence-electron chi connectivity index (χ0n) is 18.8. The minimum absolute atomic E-state index is 0.207. The SMILES string of the molecule is CCOC(=O)C1=C(C)N=c2s/c(=C\c3cc(Br)ccc3OCC)c(=O)n2[C@H]1c1ccccc1Cl. The van der Waals surface area contributed by atoms with E-state index in [0.717, 1.165) is 10.0 Å². The quantitative estimate of drug-likeness (QED) is 0.412. The van der Waals surface area contributed by atoms with Crippen LogP contribution in [0.25, 0.3) is 6.08 Å². The molecule has 0 unspecified atom stereocenters. The van der Waals surface area contributed by atoms with Gasteiger partial charge in [0.05, 0.1) is 29.0 Å². The summed E-state index contributed by atoms with van der Waals surface area (Å²) in [5, 5.41) is 0.448. The fourth-order valence-electron chi connectivity index (χ4n) is 3.84. The lowest BCUT2D eigenvalue weighted by Gasteiger charge is -2.25. The summed E-state index contributed by atoms with van der Waals surface area (Å²) in [6, 6.07) is 12.1. The van der Waals surface area contributed by atoms with Crippen molar-refractivity contribution < 1.29 is 14.3 Å². The highest BCUT2D eigenvalue weighted by molar-refractivity contribution is 9.10. The Bertz CT molecular complexity index is 1470. The fourth-order valence-corrected chi connectivity index (χ4v) is 5.50. The molecule has 4 rings (SSSR count). The molecular weight excluding hydrogens is 540 g/mol. The van der Waals surface area contributed by atoms with Crippen molar-refractivity contribution in [2.75, 3.05) is 13.2 Å². The summed E-state index contributed by atoms with van der Waals surface area (Å²) in [5.74, 6) is 0.149. The molecule has 2 heterocycles. The maximum atomic E-state index is 13.7. The molecule has 9 heteroatoms. The Morgan fingerprint density at radius 2 is 2.00 bits per heavy atom. The van der Waals surface area contributed by atoms with E-state index in [-0.39, 0.29) is 12.2 Å². The average Bonchev–Trinajstić information content (AvgIpc) is 3.10. The standard InChI is InChI=1S/C25H22BrClN2O4S/c1-4-32-19-11-10-16(26)12-15(19)13-20-23(30)29-22(17-8-6-7-9-18(17)27)21(24(31)33-5-2)14(3)28-25(29)34-20/h6-13,22H,4-5H2,1-3H3/b20-13-/t22-/m0/s1. The fraction of sp³-hybridized carbons (Fsp3) is 0.240. The number of carbonyl (C=O) groups excluding carboxylic acids is 1. The van der Waals surface area contributed by atoms with E-state index in [1.807, 2.05) is 37.3 Å². The number of benzene rings is 2. The van der Waals surface area contributed by atoms with E-state index >= 15 is 0 Å². The molecule has 1 aliphatic heterocycles. The molecule has 0 amide bonds. The molecule has 6 nitrogen and oxygen atoms in total. The van der Waals surface area contributed by atoms with Crippen molar-refractivity contribution in [2.45, 2.75) is 26.8 Å². The van der Waals surface area contributed by atoms with E-state index in [4.69, 9.17) is 21.1 Å². The van der Waals surface area contributed by atoms with E-state index in [1.165, 1.54) is 15.9 Å². The number of carbonyl (C=O) groups is 1. The minimum atomic E-state index is -0.750. The van der Waals surface area contributed by atoms with Crippen molar-refractivity contribution in [2.24, 2.45) is 4.99 Å². The molecule has 0 bridgehead atoms. The number of fused-ring (bicyclic) bond motifs is 1. The van der Waals surface area contributed by atoms with Gasteiger partial charge in [-0.05, 0) is 56.7 Å². The number of thiazole rings is 1. The van der Waals surface area contributed by atoms with Crippen LogP contribution >= 0.6 is 38.9 Å². The van der Waals surface area contributed by atoms with Crippen molar-refractivity contribution in [3.63, 3.8) is 0 Å². The molecular formula is C25H22BrClN2O4S. The number of esters is 1. The molecule has 1 atom stereocenters. The van der Waals surface area contributed by atoms with Crippen molar-refractivity contribution in [3.8, 4) is 5.75 Å². The predicted molar refractivity (Wildman–Crippen MR) is 137 cm³/mol. The summed E-state index contributed by atoms with van der Waals surface area (Å²) >= 11 is 11.3. The first-order valence-corrected chi connectivity index (χ1v) is 12.7. The lowest BCUT2D eigenvalue weighted by molar-refractivity contribution is -0.139. The van der Waals surface area contributed by atoms with Crippen LogP contribution in [0.5, 0.6) is 5.75 Å². The van der Waals surface area contributed by atoms with Gasteiger partial charge in [-0.25, -0.2) is 9.79 Å². The van der Waals surface area contributed by atoms with Crippen molar-refractivity contribution in [3.05, 3.63) is 94.0 Å². The van der Waals surface area contributed by atoms with E-state index < -0.39 is 12.0 Å². The van der Waals surface area contributed by atoms with Crippen LogP contribution in [0.1, 0.15) is 37.9 Å². The first kappa shape index (κ1) is 24.4. The van der Waals surface area contributed by atoms with E-state index in [0.29, 0.717) is 43.5 Å². The number of nitrogens with zero attached hydrogens (tertiary/aromatic N) is 2. The largest absolute Gasteiger partial charge is 0.493 e. The molecule has 0 saturated heterocycles. The second-order valence-corrected chi connectivity index (χ2v) is 9.77. The summed E-state index contributed by atoms with van der Waals surface area (Å²) in [7, 11) is 0. The Kier molecular flexibility index (Phi) is 7.40. The van der Waals surface area contributed by atoms with Gasteiger partial charge in [-0.3, -0.25) is 9.36 Å². The van der Waals surface area contributed by atoms with Crippen LogP contribution in [0.2, 0.25) is 5.02 Å². The molecule has 0 aliphatic carbocycles. The highest BCUT2D eigenvalue weighted by Crippen LogP contribution is 2.34. The number of halogens is 2. The molecule has 0 fully saturated rings. The van der Waals surface area contributed by atoms with Gasteiger partial charge in [0.1, 0.15) is 11.8 Å². The van der Waals surface area contributed by atoms with Gasteiger partial charge in [0.15, 0.2) is 4.80 Å². The molecule has 0 saturated carbocycles. The molecule has 1 aromatic heterocycles. The summed E-state index contributed by atoms with van der Waals surface area (Å²) < 4.78 is 13.9. The predicted octanol–water partition coefficient (Wildman–Crippen LogP) is 4.61. The third kappa shape index (κ3) is 4.62. The number of hydrogen-bond donors (Lipinski definition) is 0. The molecule has 0 spiro atoms. The maximum absolute atomic E-state index is 13.7. The number of rotatable bonds is 6. The zero-order chi connectivity index (χ0) is 24.4. The summed E-state index contributed by atoms with van der Waals surface area (Å²) in [6.45, 7) is 6.09. The number of hydrogen-bond acceptors (Lipinski definition) is 6. The lowest BCUT2D eigenvalue weighted by atomic mass is 9.96. The van der Waals surface area contributed by atoms with Crippen LogP contribution < -0.4 is 19.6 Å². The van der Waals surface area contributed by atoms with Crippen LogP contribution in [-0.2, 0) is 9.53 Å². The summed E-state index contributed by atoms with van der Waals surface area (Å²) in [4.78, 5) is 31.7. The molecule has 2 aromatic carbocycles. The average molecular weight is 562 g/mol.